The molecule has 0 saturated carbocycles. The Balaban J connectivity index is 1.98. The largest absolute Gasteiger partial charge is 0.495 e. The molecular formula is C19H17Cl2N5O5. The summed E-state index contributed by atoms with van der Waals surface area (Å²) in [6, 6.07) is 5.86. The van der Waals surface area contributed by atoms with E-state index in [1.54, 1.807) is 6.07 Å². The van der Waals surface area contributed by atoms with E-state index in [0.717, 1.165) is 0 Å². The van der Waals surface area contributed by atoms with Crippen molar-refractivity contribution in [3.63, 3.8) is 0 Å². The lowest BCUT2D eigenvalue weighted by Crippen LogP contribution is -2.25. The number of hydrogen-bond acceptors (Lipinski definition) is 8. The Bertz CT molecular complexity index is 1160. The fourth-order valence-electron chi connectivity index (χ4n) is 2.73. The van der Waals surface area contributed by atoms with Crippen LogP contribution >= 0.6 is 23.2 Å². The van der Waals surface area contributed by atoms with Crippen LogP contribution in [0.25, 0.3) is 10.9 Å². The summed E-state index contributed by atoms with van der Waals surface area (Å²) in [6.45, 7) is 1.63. The summed E-state index contributed by atoms with van der Waals surface area (Å²) in [5, 5.41) is 18.2. The molecule has 12 heteroatoms. The standard InChI is InChI=1S/C19H17Cl2N5O5/c1-10(27)22-3-4-31-18-7-14-11(5-16(18)26(28)29)19(24-9-23-14)25-15-8-17(30-2)13(21)6-12(15)20/h5-9H,3-4H2,1-2H3,(H,22,27)(H,23,24,25). The van der Waals surface area contributed by atoms with Crippen LogP contribution in [0.15, 0.2) is 30.6 Å². The van der Waals surface area contributed by atoms with Gasteiger partial charge in [-0.1, -0.05) is 23.2 Å². The molecule has 0 fully saturated rings. The van der Waals surface area contributed by atoms with Crippen molar-refractivity contribution in [1.29, 1.82) is 0 Å². The maximum atomic E-state index is 11.6. The lowest BCUT2D eigenvalue weighted by Gasteiger charge is -2.13. The number of amides is 1. The number of aromatic nitrogens is 2. The zero-order valence-electron chi connectivity index (χ0n) is 16.4. The van der Waals surface area contributed by atoms with Crippen molar-refractivity contribution in [2.45, 2.75) is 6.92 Å². The molecule has 31 heavy (non-hydrogen) atoms. The van der Waals surface area contributed by atoms with Gasteiger partial charge in [-0.2, -0.15) is 0 Å². The highest BCUT2D eigenvalue weighted by Crippen LogP contribution is 2.38. The Morgan fingerprint density at radius 2 is 1.94 bits per heavy atom. The molecule has 2 aromatic carbocycles. The molecular weight excluding hydrogens is 449 g/mol. The van der Waals surface area contributed by atoms with E-state index in [4.69, 9.17) is 32.7 Å². The van der Waals surface area contributed by atoms with Crippen LogP contribution in [0.1, 0.15) is 6.92 Å². The molecule has 162 valence electrons. The van der Waals surface area contributed by atoms with Gasteiger partial charge < -0.3 is 20.1 Å². The Morgan fingerprint density at radius 1 is 1.16 bits per heavy atom. The molecule has 0 spiro atoms. The van der Waals surface area contributed by atoms with E-state index in [1.165, 1.54) is 38.6 Å². The van der Waals surface area contributed by atoms with Crippen LogP contribution in [0.4, 0.5) is 17.2 Å². The number of rotatable bonds is 8. The zero-order chi connectivity index (χ0) is 22.5. The lowest BCUT2D eigenvalue weighted by atomic mass is 10.2. The molecule has 0 unspecified atom stereocenters. The number of fused-ring (bicyclic) bond motifs is 1. The summed E-state index contributed by atoms with van der Waals surface area (Å²) in [5.41, 5.74) is 0.587. The predicted molar refractivity (Wildman–Crippen MR) is 117 cm³/mol. The topological polar surface area (TPSA) is 129 Å². The number of hydrogen-bond donors (Lipinski definition) is 2. The van der Waals surface area contributed by atoms with Gasteiger partial charge in [0.25, 0.3) is 0 Å². The van der Waals surface area contributed by atoms with Gasteiger partial charge in [-0.05, 0) is 6.07 Å². The van der Waals surface area contributed by atoms with E-state index in [9.17, 15) is 14.9 Å². The van der Waals surface area contributed by atoms with E-state index in [-0.39, 0.29) is 30.5 Å². The maximum absolute atomic E-state index is 11.6. The fraction of sp³-hybridized carbons (Fsp3) is 0.211. The van der Waals surface area contributed by atoms with Crippen LogP contribution in [0, 0.1) is 10.1 Å². The van der Waals surface area contributed by atoms with Gasteiger partial charge in [0.1, 0.15) is 24.5 Å². The molecule has 0 saturated heterocycles. The first-order chi connectivity index (χ1) is 14.8. The average molecular weight is 466 g/mol. The molecule has 3 aromatic rings. The number of halogens is 2. The molecule has 3 rings (SSSR count). The number of anilines is 2. The first-order valence-corrected chi connectivity index (χ1v) is 9.66. The zero-order valence-corrected chi connectivity index (χ0v) is 18.0. The quantitative estimate of drug-likeness (QED) is 0.288. The second kappa shape index (κ2) is 9.63. The molecule has 2 N–H and O–H groups in total. The second-order valence-corrected chi connectivity index (χ2v) is 7.05. The first kappa shape index (κ1) is 22.3. The molecule has 0 atom stereocenters. The molecule has 10 nitrogen and oxygen atoms in total. The summed E-state index contributed by atoms with van der Waals surface area (Å²) in [6.07, 6.45) is 1.30. The lowest BCUT2D eigenvalue weighted by molar-refractivity contribution is -0.385. The van der Waals surface area contributed by atoms with Crippen LogP contribution in [0.2, 0.25) is 10.0 Å². The predicted octanol–water partition coefficient (Wildman–Crippen LogP) is 4.11. The van der Waals surface area contributed by atoms with E-state index in [2.05, 4.69) is 20.6 Å². The number of nitrogens with zero attached hydrogens (tertiary/aromatic N) is 3. The highest BCUT2D eigenvalue weighted by Gasteiger charge is 2.20. The third kappa shape index (κ3) is 5.22. The van der Waals surface area contributed by atoms with Crippen LogP contribution in [-0.4, -0.2) is 41.1 Å². The Hall–Kier alpha value is -3.37. The van der Waals surface area contributed by atoms with Gasteiger partial charge in [-0.25, -0.2) is 9.97 Å². The summed E-state index contributed by atoms with van der Waals surface area (Å²) in [5.74, 6) is 0.494. The smallest absolute Gasteiger partial charge is 0.311 e. The van der Waals surface area contributed by atoms with Crippen LogP contribution in [0.3, 0.4) is 0 Å². The second-order valence-electron chi connectivity index (χ2n) is 6.24. The molecule has 1 heterocycles. The SMILES string of the molecule is COc1cc(Nc2ncnc3cc(OCCNC(C)=O)c([N+](=O)[O-])cc23)c(Cl)cc1Cl. The minimum absolute atomic E-state index is 0.0266. The van der Waals surface area contributed by atoms with Crippen molar-refractivity contribution in [1.82, 2.24) is 15.3 Å². The number of ether oxygens (including phenoxy) is 2. The number of carbonyl (C=O) groups excluding carboxylic acids is 1. The van der Waals surface area contributed by atoms with Crippen molar-refractivity contribution < 1.29 is 19.2 Å². The number of carbonyl (C=O) groups is 1. The monoisotopic (exact) mass is 465 g/mol. The van der Waals surface area contributed by atoms with Crippen LogP contribution < -0.4 is 20.1 Å². The van der Waals surface area contributed by atoms with E-state index < -0.39 is 4.92 Å². The highest BCUT2D eigenvalue weighted by atomic mass is 35.5. The van der Waals surface area contributed by atoms with Crippen LogP contribution in [0.5, 0.6) is 11.5 Å². The van der Waals surface area contributed by atoms with E-state index >= 15 is 0 Å². The minimum atomic E-state index is -0.567. The third-order valence-electron chi connectivity index (χ3n) is 4.14. The molecule has 0 aliphatic rings. The third-order valence-corrected chi connectivity index (χ3v) is 4.75. The van der Waals surface area contributed by atoms with E-state index in [0.29, 0.717) is 38.2 Å². The summed E-state index contributed by atoms with van der Waals surface area (Å²) < 4.78 is 10.7. The van der Waals surface area contributed by atoms with Gasteiger partial charge >= 0.3 is 5.69 Å². The van der Waals surface area contributed by atoms with Crippen molar-refractivity contribution in [3.05, 3.63) is 50.8 Å². The van der Waals surface area contributed by atoms with Gasteiger partial charge in [0, 0.05) is 25.1 Å². The minimum Gasteiger partial charge on any atom is -0.495 e. The van der Waals surface area contributed by atoms with Gasteiger partial charge in [-0.15, -0.1) is 0 Å². The number of benzene rings is 2. The molecule has 0 aliphatic carbocycles. The Labute approximate surface area is 186 Å². The number of nitro groups is 1. The van der Waals surface area contributed by atoms with Crippen molar-refractivity contribution in [2.24, 2.45) is 0 Å². The highest BCUT2D eigenvalue weighted by molar-refractivity contribution is 6.37. The Kier molecular flexibility index (Phi) is 6.93. The number of nitro benzene ring substituents is 1. The van der Waals surface area contributed by atoms with E-state index in [1.807, 2.05) is 0 Å². The number of methoxy groups -OCH3 is 1. The Morgan fingerprint density at radius 3 is 2.61 bits per heavy atom. The summed E-state index contributed by atoms with van der Waals surface area (Å²) in [7, 11) is 1.47. The maximum Gasteiger partial charge on any atom is 0.311 e. The van der Waals surface area contributed by atoms with Crippen LogP contribution in [-0.2, 0) is 4.79 Å². The van der Waals surface area contributed by atoms with Gasteiger partial charge in [0.05, 0.1) is 45.2 Å². The van der Waals surface area contributed by atoms with Crippen molar-refractivity contribution in [2.75, 3.05) is 25.6 Å². The summed E-state index contributed by atoms with van der Waals surface area (Å²) in [4.78, 5) is 30.3. The average Bonchev–Trinajstić information content (AvgIpc) is 2.72. The normalized spacial score (nSPS) is 10.6. The van der Waals surface area contributed by atoms with Crippen molar-refractivity contribution in [3.8, 4) is 11.5 Å². The molecule has 0 radical (unpaired) electrons. The fourth-order valence-corrected chi connectivity index (χ4v) is 3.23. The van der Waals surface area contributed by atoms with Gasteiger partial charge in [0.2, 0.25) is 5.91 Å². The summed E-state index contributed by atoms with van der Waals surface area (Å²) >= 11 is 12.3. The van der Waals surface area contributed by atoms with Gasteiger partial charge in [-0.3, -0.25) is 14.9 Å². The molecule has 0 aliphatic heterocycles. The molecule has 1 aromatic heterocycles. The molecule has 0 bridgehead atoms. The first-order valence-electron chi connectivity index (χ1n) is 8.90. The molecule has 1 amide bonds. The van der Waals surface area contributed by atoms with Gasteiger partial charge in [0.15, 0.2) is 5.75 Å². The van der Waals surface area contributed by atoms with Crippen molar-refractivity contribution >= 4 is 57.2 Å². The number of nitrogens with one attached hydrogen (secondary N) is 2.